The van der Waals surface area contributed by atoms with Gasteiger partial charge in [-0.05, 0) is 39.2 Å². The molecule has 0 aliphatic heterocycles. The lowest BCUT2D eigenvalue weighted by Crippen LogP contribution is -2.31. The van der Waals surface area contributed by atoms with Crippen LogP contribution in [0.2, 0.25) is 0 Å². The van der Waals surface area contributed by atoms with E-state index in [1.807, 2.05) is 20.8 Å². The monoisotopic (exact) mass is 236 g/mol. The van der Waals surface area contributed by atoms with Crippen LogP contribution in [-0.2, 0) is 6.54 Å². The first-order valence-electron chi connectivity index (χ1n) is 6.11. The van der Waals surface area contributed by atoms with Crippen LogP contribution < -0.4 is 5.73 Å². The van der Waals surface area contributed by atoms with Gasteiger partial charge in [-0.3, -0.25) is 10.1 Å². The summed E-state index contributed by atoms with van der Waals surface area (Å²) in [6.45, 7) is 11.2. The summed E-state index contributed by atoms with van der Waals surface area (Å²) in [5.74, 6) is 0.266. The molecule has 1 aromatic rings. The van der Waals surface area contributed by atoms with Crippen molar-refractivity contribution in [1.29, 1.82) is 5.41 Å². The summed E-state index contributed by atoms with van der Waals surface area (Å²) >= 11 is 0. The van der Waals surface area contributed by atoms with Gasteiger partial charge in [0.1, 0.15) is 0 Å². The number of nitrogens with one attached hydrogen (secondary N) is 1. The predicted molar refractivity (Wildman–Crippen MR) is 71.4 cm³/mol. The molecule has 96 valence electrons. The van der Waals surface area contributed by atoms with Crippen molar-refractivity contribution in [2.24, 2.45) is 11.1 Å². The summed E-state index contributed by atoms with van der Waals surface area (Å²) < 4.78 is 2.06. The van der Waals surface area contributed by atoms with E-state index in [9.17, 15) is 0 Å². The van der Waals surface area contributed by atoms with E-state index in [2.05, 4.69) is 23.6 Å². The zero-order valence-corrected chi connectivity index (χ0v) is 11.6. The standard InChI is InChI=1S/C13H24N4/c1-9-10(2)16-17(11(9)3)8-6-7-13(4,5)12(14)15/h6-8H2,1-5H3,(H3,14,15). The molecular formula is C13H24N4. The van der Waals surface area contributed by atoms with E-state index in [4.69, 9.17) is 11.1 Å². The van der Waals surface area contributed by atoms with E-state index in [0.29, 0.717) is 0 Å². The van der Waals surface area contributed by atoms with Crippen LogP contribution in [-0.4, -0.2) is 15.6 Å². The lowest BCUT2D eigenvalue weighted by atomic mass is 9.87. The number of aryl methyl sites for hydroxylation is 2. The summed E-state index contributed by atoms with van der Waals surface area (Å²) in [6, 6.07) is 0. The number of nitrogens with two attached hydrogens (primary N) is 1. The van der Waals surface area contributed by atoms with E-state index in [1.54, 1.807) is 0 Å². The van der Waals surface area contributed by atoms with Crippen LogP contribution in [0.5, 0.6) is 0 Å². The number of rotatable bonds is 5. The molecule has 0 aromatic carbocycles. The molecule has 0 saturated carbocycles. The number of nitrogens with zero attached hydrogens (tertiary/aromatic N) is 2. The normalized spacial score (nSPS) is 11.8. The van der Waals surface area contributed by atoms with Gasteiger partial charge in [0.05, 0.1) is 11.5 Å². The van der Waals surface area contributed by atoms with E-state index in [0.717, 1.165) is 25.1 Å². The maximum Gasteiger partial charge on any atom is 0.0963 e. The fourth-order valence-electron chi connectivity index (χ4n) is 1.81. The quantitative estimate of drug-likeness (QED) is 0.609. The Morgan fingerprint density at radius 3 is 2.35 bits per heavy atom. The topological polar surface area (TPSA) is 67.7 Å². The molecule has 17 heavy (non-hydrogen) atoms. The number of hydrogen-bond acceptors (Lipinski definition) is 2. The molecule has 4 heteroatoms. The minimum atomic E-state index is -0.203. The molecular weight excluding hydrogens is 212 g/mol. The Morgan fingerprint density at radius 1 is 1.35 bits per heavy atom. The first-order valence-corrected chi connectivity index (χ1v) is 6.11. The predicted octanol–water partition coefficient (Wildman–Crippen LogP) is 2.55. The summed E-state index contributed by atoms with van der Waals surface area (Å²) in [5.41, 5.74) is 8.98. The highest BCUT2D eigenvalue weighted by Gasteiger charge is 2.21. The molecule has 0 spiro atoms. The molecule has 0 aliphatic rings. The van der Waals surface area contributed by atoms with Crippen molar-refractivity contribution in [1.82, 2.24) is 9.78 Å². The Balaban J connectivity index is 2.57. The van der Waals surface area contributed by atoms with Crippen LogP contribution in [0.25, 0.3) is 0 Å². The van der Waals surface area contributed by atoms with Gasteiger partial charge in [0.15, 0.2) is 0 Å². The Kier molecular flexibility index (Phi) is 3.96. The third-order valence-corrected chi connectivity index (χ3v) is 3.64. The van der Waals surface area contributed by atoms with Crippen LogP contribution in [0, 0.1) is 31.6 Å². The summed E-state index contributed by atoms with van der Waals surface area (Å²) in [7, 11) is 0. The third kappa shape index (κ3) is 3.08. The fourth-order valence-corrected chi connectivity index (χ4v) is 1.81. The van der Waals surface area contributed by atoms with E-state index in [1.165, 1.54) is 11.3 Å². The molecule has 0 bridgehead atoms. The van der Waals surface area contributed by atoms with Gasteiger partial charge in [0.2, 0.25) is 0 Å². The maximum absolute atomic E-state index is 7.52. The summed E-state index contributed by atoms with van der Waals surface area (Å²) in [4.78, 5) is 0. The van der Waals surface area contributed by atoms with E-state index < -0.39 is 0 Å². The highest BCUT2D eigenvalue weighted by atomic mass is 15.3. The fraction of sp³-hybridized carbons (Fsp3) is 0.692. The van der Waals surface area contributed by atoms with Crippen molar-refractivity contribution in [2.75, 3.05) is 0 Å². The van der Waals surface area contributed by atoms with Crippen molar-refractivity contribution in [2.45, 2.75) is 54.0 Å². The number of hydrogen-bond donors (Lipinski definition) is 2. The Morgan fingerprint density at radius 2 is 1.94 bits per heavy atom. The molecule has 1 rings (SSSR count). The molecule has 1 heterocycles. The van der Waals surface area contributed by atoms with Crippen LogP contribution in [0.15, 0.2) is 0 Å². The van der Waals surface area contributed by atoms with Gasteiger partial charge in [-0.25, -0.2) is 0 Å². The molecule has 0 saturated heterocycles. The Bertz CT molecular complexity index is 415. The van der Waals surface area contributed by atoms with E-state index >= 15 is 0 Å². The van der Waals surface area contributed by atoms with E-state index in [-0.39, 0.29) is 11.3 Å². The highest BCUT2D eigenvalue weighted by Crippen LogP contribution is 2.22. The SMILES string of the molecule is Cc1nn(CCCC(C)(C)C(=N)N)c(C)c1C. The second-order valence-electron chi connectivity index (χ2n) is 5.42. The Hall–Kier alpha value is -1.32. The van der Waals surface area contributed by atoms with Crippen molar-refractivity contribution in [3.8, 4) is 0 Å². The Labute approximate surface area is 104 Å². The second kappa shape index (κ2) is 4.90. The smallest absolute Gasteiger partial charge is 0.0963 e. The molecule has 3 N–H and O–H groups in total. The molecule has 0 aliphatic carbocycles. The molecule has 0 amide bonds. The lowest BCUT2D eigenvalue weighted by molar-refractivity contribution is 0.416. The first kappa shape index (κ1) is 13.7. The summed E-state index contributed by atoms with van der Waals surface area (Å²) in [5, 5.41) is 12.0. The summed E-state index contributed by atoms with van der Waals surface area (Å²) in [6.07, 6.45) is 1.91. The van der Waals surface area contributed by atoms with Gasteiger partial charge in [-0.15, -0.1) is 0 Å². The molecule has 0 fully saturated rings. The van der Waals surface area contributed by atoms with Crippen molar-refractivity contribution in [3.63, 3.8) is 0 Å². The maximum atomic E-state index is 7.52. The zero-order valence-electron chi connectivity index (χ0n) is 11.6. The van der Waals surface area contributed by atoms with Crippen molar-refractivity contribution >= 4 is 5.84 Å². The van der Waals surface area contributed by atoms with Crippen LogP contribution in [0.4, 0.5) is 0 Å². The first-order chi connectivity index (χ1) is 7.75. The minimum Gasteiger partial charge on any atom is -0.387 e. The van der Waals surface area contributed by atoms with Gasteiger partial charge in [-0.2, -0.15) is 5.10 Å². The van der Waals surface area contributed by atoms with Crippen molar-refractivity contribution in [3.05, 3.63) is 17.0 Å². The second-order valence-corrected chi connectivity index (χ2v) is 5.42. The lowest BCUT2D eigenvalue weighted by Gasteiger charge is -2.22. The van der Waals surface area contributed by atoms with Crippen LogP contribution >= 0.6 is 0 Å². The minimum absolute atomic E-state index is 0.203. The molecule has 1 aromatic heterocycles. The molecule has 0 unspecified atom stereocenters. The van der Waals surface area contributed by atoms with Gasteiger partial charge >= 0.3 is 0 Å². The van der Waals surface area contributed by atoms with Crippen LogP contribution in [0.3, 0.4) is 0 Å². The van der Waals surface area contributed by atoms with Crippen LogP contribution in [0.1, 0.15) is 43.6 Å². The molecule has 0 atom stereocenters. The van der Waals surface area contributed by atoms with Gasteiger partial charge in [-0.1, -0.05) is 13.8 Å². The number of aromatic nitrogens is 2. The number of amidine groups is 1. The molecule has 4 nitrogen and oxygen atoms in total. The third-order valence-electron chi connectivity index (χ3n) is 3.64. The highest BCUT2D eigenvalue weighted by molar-refractivity contribution is 5.82. The largest absolute Gasteiger partial charge is 0.387 e. The average Bonchev–Trinajstić information content (AvgIpc) is 2.46. The average molecular weight is 236 g/mol. The van der Waals surface area contributed by atoms with Gasteiger partial charge in [0.25, 0.3) is 0 Å². The van der Waals surface area contributed by atoms with Crippen molar-refractivity contribution < 1.29 is 0 Å². The zero-order chi connectivity index (χ0) is 13.2. The van der Waals surface area contributed by atoms with Gasteiger partial charge < -0.3 is 5.73 Å². The molecule has 0 radical (unpaired) electrons. The van der Waals surface area contributed by atoms with Gasteiger partial charge in [0, 0.05) is 17.7 Å².